The van der Waals surface area contributed by atoms with Gasteiger partial charge in [-0.25, -0.2) is 0 Å². The predicted octanol–water partition coefficient (Wildman–Crippen LogP) is 3.49. The largest absolute Gasteiger partial charge is 0.495 e. The first-order valence-corrected chi connectivity index (χ1v) is 5.00. The smallest absolute Gasteiger partial charge is 0.137 e. The highest BCUT2D eigenvalue weighted by Gasteiger charge is 2.04. The maximum Gasteiger partial charge on any atom is 0.137 e. The number of methoxy groups -OCH3 is 1. The SMILES string of the molecule is C=C(Br)c1cc(OC)cnc1/C=C\C. The molecule has 0 saturated heterocycles. The molecule has 74 valence electrons. The second-order valence-electron chi connectivity index (χ2n) is 2.71. The van der Waals surface area contributed by atoms with Gasteiger partial charge in [0.15, 0.2) is 0 Å². The van der Waals surface area contributed by atoms with E-state index in [1.807, 2.05) is 25.1 Å². The summed E-state index contributed by atoms with van der Waals surface area (Å²) < 4.78 is 5.89. The summed E-state index contributed by atoms with van der Waals surface area (Å²) in [4.78, 5) is 4.26. The van der Waals surface area contributed by atoms with Crippen LogP contribution in [0, 0.1) is 0 Å². The average molecular weight is 254 g/mol. The number of rotatable bonds is 3. The van der Waals surface area contributed by atoms with Crippen LogP contribution in [-0.2, 0) is 0 Å². The Bertz CT molecular complexity index is 372. The molecule has 0 spiro atoms. The van der Waals surface area contributed by atoms with Gasteiger partial charge in [0.05, 0.1) is 19.0 Å². The van der Waals surface area contributed by atoms with Gasteiger partial charge in [0.2, 0.25) is 0 Å². The van der Waals surface area contributed by atoms with Crippen molar-refractivity contribution in [1.82, 2.24) is 4.98 Å². The first kappa shape index (κ1) is 11.0. The molecule has 0 atom stereocenters. The summed E-state index contributed by atoms with van der Waals surface area (Å²) in [5.74, 6) is 0.730. The van der Waals surface area contributed by atoms with E-state index in [4.69, 9.17) is 4.74 Å². The fraction of sp³-hybridized carbons (Fsp3) is 0.182. The van der Waals surface area contributed by atoms with Gasteiger partial charge in [-0.15, -0.1) is 0 Å². The monoisotopic (exact) mass is 253 g/mol. The third-order valence-corrected chi connectivity index (χ3v) is 2.17. The highest BCUT2D eigenvalue weighted by Crippen LogP contribution is 2.26. The van der Waals surface area contributed by atoms with Crippen molar-refractivity contribution in [1.29, 1.82) is 0 Å². The Morgan fingerprint density at radius 1 is 1.64 bits per heavy atom. The van der Waals surface area contributed by atoms with Gasteiger partial charge in [-0.2, -0.15) is 0 Å². The zero-order valence-electron chi connectivity index (χ0n) is 8.25. The van der Waals surface area contributed by atoms with E-state index >= 15 is 0 Å². The molecule has 0 N–H and O–H groups in total. The molecule has 1 aromatic heterocycles. The minimum atomic E-state index is 0.730. The van der Waals surface area contributed by atoms with E-state index in [0.717, 1.165) is 21.5 Å². The van der Waals surface area contributed by atoms with E-state index in [-0.39, 0.29) is 0 Å². The first-order valence-electron chi connectivity index (χ1n) is 4.20. The predicted molar refractivity (Wildman–Crippen MR) is 63.5 cm³/mol. The molecule has 1 heterocycles. The summed E-state index contributed by atoms with van der Waals surface area (Å²) in [6.07, 6.45) is 5.56. The standard InChI is InChI=1S/C11H12BrNO/c1-4-5-11-10(8(2)12)6-9(14-3)7-13-11/h4-7H,2H2,1,3H3/b5-4-. The number of ether oxygens (including phenoxy) is 1. The summed E-state index contributed by atoms with van der Waals surface area (Å²) in [5, 5.41) is 0. The number of nitrogens with zero attached hydrogens (tertiary/aromatic N) is 1. The van der Waals surface area contributed by atoms with Crippen molar-refractivity contribution in [2.75, 3.05) is 7.11 Å². The Balaban J connectivity index is 3.23. The minimum absolute atomic E-state index is 0.730. The van der Waals surface area contributed by atoms with Gasteiger partial charge in [0, 0.05) is 10.0 Å². The van der Waals surface area contributed by atoms with Crippen LogP contribution in [-0.4, -0.2) is 12.1 Å². The molecular weight excluding hydrogens is 242 g/mol. The summed E-state index contributed by atoms with van der Waals surface area (Å²) in [7, 11) is 1.62. The molecule has 1 aromatic rings. The zero-order chi connectivity index (χ0) is 10.6. The van der Waals surface area contributed by atoms with Crippen molar-refractivity contribution in [2.24, 2.45) is 0 Å². The van der Waals surface area contributed by atoms with E-state index in [0.29, 0.717) is 0 Å². The highest BCUT2D eigenvalue weighted by atomic mass is 79.9. The van der Waals surface area contributed by atoms with Crippen molar-refractivity contribution in [3.63, 3.8) is 0 Å². The minimum Gasteiger partial charge on any atom is -0.495 e. The van der Waals surface area contributed by atoms with Crippen LogP contribution in [0.2, 0.25) is 0 Å². The Kier molecular flexibility index (Phi) is 3.89. The lowest BCUT2D eigenvalue weighted by Gasteiger charge is -2.06. The fourth-order valence-corrected chi connectivity index (χ4v) is 1.39. The molecule has 0 saturated carbocycles. The van der Waals surface area contributed by atoms with Crippen molar-refractivity contribution in [3.8, 4) is 5.75 Å². The quantitative estimate of drug-likeness (QED) is 0.823. The zero-order valence-corrected chi connectivity index (χ0v) is 9.84. The number of allylic oxidation sites excluding steroid dienone is 1. The van der Waals surface area contributed by atoms with Crippen molar-refractivity contribution in [3.05, 3.63) is 36.2 Å². The lowest BCUT2D eigenvalue weighted by molar-refractivity contribution is 0.412. The molecule has 2 nitrogen and oxygen atoms in total. The molecule has 0 unspecified atom stereocenters. The summed E-state index contributed by atoms with van der Waals surface area (Å²) in [6, 6.07) is 1.90. The summed E-state index contributed by atoms with van der Waals surface area (Å²) in [5.41, 5.74) is 1.83. The lowest BCUT2D eigenvalue weighted by atomic mass is 10.2. The Morgan fingerprint density at radius 3 is 2.86 bits per heavy atom. The number of hydrogen-bond acceptors (Lipinski definition) is 2. The molecule has 0 aliphatic heterocycles. The van der Waals surface area contributed by atoms with Gasteiger partial charge < -0.3 is 4.74 Å². The molecule has 0 bridgehead atoms. The third-order valence-electron chi connectivity index (χ3n) is 1.75. The molecule has 0 aliphatic carbocycles. The van der Waals surface area contributed by atoms with Gasteiger partial charge in [-0.3, -0.25) is 4.98 Å². The number of hydrogen-bond donors (Lipinski definition) is 0. The van der Waals surface area contributed by atoms with Crippen LogP contribution in [0.15, 0.2) is 24.9 Å². The highest BCUT2D eigenvalue weighted by molar-refractivity contribution is 9.15. The van der Waals surface area contributed by atoms with Crippen LogP contribution in [0.1, 0.15) is 18.2 Å². The fourth-order valence-electron chi connectivity index (χ4n) is 1.08. The van der Waals surface area contributed by atoms with Gasteiger partial charge in [-0.1, -0.05) is 28.6 Å². The van der Waals surface area contributed by atoms with E-state index in [1.54, 1.807) is 13.3 Å². The summed E-state index contributed by atoms with van der Waals surface area (Å²) in [6.45, 7) is 5.78. The van der Waals surface area contributed by atoms with Gasteiger partial charge >= 0.3 is 0 Å². The van der Waals surface area contributed by atoms with Crippen molar-refractivity contribution >= 4 is 26.5 Å². The van der Waals surface area contributed by atoms with Gasteiger partial charge in [0.25, 0.3) is 0 Å². The maximum absolute atomic E-state index is 5.09. The number of halogens is 1. The molecule has 0 aromatic carbocycles. The van der Waals surface area contributed by atoms with Gasteiger partial charge in [-0.05, 0) is 19.1 Å². The molecule has 1 rings (SSSR count). The van der Waals surface area contributed by atoms with E-state index in [1.165, 1.54) is 0 Å². The van der Waals surface area contributed by atoms with Crippen molar-refractivity contribution < 1.29 is 4.74 Å². The Hall–Kier alpha value is -1.09. The third kappa shape index (κ3) is 2.45. The van der Waals surface area contributed by atoms with Crippen LogP contribution in [0.5, 0.6) is 5.75 Å². The topological polar surface area (TPSA) is 22.1 Å². The molecule has 14 heavy (non-hydrogen) atoms. The summed E-state index contributed by atoms with van der Waals surface area (Å²) >= 11 is 3.34. The average Bonchev–Trinajstić information content (AvgIpc) is 2.18. The molecule has 0 fully saturated rings. The number of pyridine rings is 1. The van der Waals surface area contributed by atoms with Crippen LogP contribution < -0.4 is 4.74 Å². The first-order chi connectivity index (χ1) is 6.69. The maximum atomic E-state index is 5.09. The van der Waals surface area contributed by atoms with Gasteiger partial charge in [0.1, 0.15) is 5.75 Å². The molecule has 0 radical (unpaired) electrons. The molecule has 0 aliphatic rings. The second-order valence-corrected chi connectivity index (χ2v) is 3.67. The van der Waals surface area contributed by atoms with Crippen molar-refractivity contribution in [2.45, 2.75) is 6.92 Å². The van der Waals surface area contributed by atoms with Crippen LogP contribution in [0.25, 0.3) is 10.6 Å². The van der Waals surface area contributed by atoms with E-state index in [9.17, 15) is 0 Å². The molecule has 3 heteroatoms. The van der Waals surface area contributed by atoms with Crippen LogP contribution in [0.4, 0.5) is 0 Å². The molecule has 0 amide bonds. The van der Waals surface area contributed by atoms with Crippen LogP contribution in [0.3, 0.4) is 0 Å². The Morgan fingerprint density at radius 2 is 2.36 bits per heavy atom. The normalized spacial score (nSPS) is 10.5. The molecular formula is C11H12BrNO. The lowest BCUT2D eigenvalue weighted by Crippen LogP contribution is -1.91. The second kappa shape index (κ2) is 4.96. The van der Waals surface area contributed by atoms with Crippen LogP contribution >= 0.6 is 15.9 Å². The van der Waals surface area contributed by atoms with E-state index in [2.05, 4.69) is 27.5 Å². The Labute approximate surface area is 92.4 Å². The number of aromatic nitrogens is 1. The van der Waals surface area contributed by atoms with E-state index < -0.39 is 0 Å².